The minimum absolute atomic E-state index is 0.106. The highest BCUT2D eigenvalue weighted by molar-refractivity contribution is 5.37. The molecule has 1 heterocycles. The Bertz CT molecular complexity index is 362. The Morgan fingerprint density at radius 2 is 2.31 bits per heavy atom. The Kier molecular flexibility index (Phi) is 5.56. The lowest BCUT2D eigenvalue weighted by atomic mass is 10.4. The van der Waals surface area contributed by atoms with E-state index in [9.17, 15) is 4.79 Å². The molecule has 5 heteroatoms. The van der Waals surface area contributed by atoms with Crippen molar-refractivity contribution >= 4 is 5.69 Å². The van der Waals surface area contributed by atoms with E-state index < -0.39 is 0 Å². The molecule has 5 nitrogen and oxygen atoms in total. The van der Waals surface area contributed by atoms with Gasteiger partial charge in [0.2, 0.25) is 0 Å². The summed E-state index contributed by atoms with van der Waals surface area (Å²) in [6.45, 7) is 3.91. The van der Waals surface area contributed by atoms with Gasteiger partial charge in [-0.15, -0.1) is 0 Å². The van der Waals surface area contributed by atoms with Crippen molar-refractivity contribution < 1.29 is 4.74 Å². The minimum Gasteiger partial charge on any atom is -0.387 e. The van der Waals surface area contributed by atoms with E-state index in [-0.39, 0.29) is 5.56 Å². The largest absolute Gasteiger partial charge is 0.387 e. The van der Waals surface area contributed by atoms with Crippen LogP contribution < -0.4 is 10.9 Å². The third-order valence-electron chi connectivity index (χ3n) is 2.25. The van der Waals surface area contributed by atoms with Crippen LogP contribution in [0.2, 0.25) is 0 Å². The van der Waals surface area contributed by atoms with E-state index in [0.717, 1.165) is 25.1 Å². The maximum Gasteiger partial charge on any atom is 0.268 e. The van der Waals surface area contributed by atoms with Crippen molar-refractivity contribution in [1.82, 2.24) is 9.78 Å². The first-order valence-corrected chi connectivity index (χ1v) is 5.60. The summed E-state index contributed by atoms with van der Waals surface area (Å²) in [6, 6.07) is 1.53. The molecule has 1 aromatic rings. The lowest BCUT2D eigenvalue weighted by molar-refractivity contribution is 0.120. The lowest BCUT2D eigenvalue weighted by Gasteiger charge is -2.06. The molecular formula is C11H19N3O2. The molecule has 90 valence electrons. The number of aromatic nitrogens is 2. The highest BCUT2D eigenvalue weighted by atomic mass is 16.5. The van der Waals surface area contributed by atoms with Crippen LogP contribution in [0.1, 0.15) is 19.8 Å². The Balaban J connectivity index is 2.39. The lowest BCUT2D eigenvalue weighted by Crippen LogP contribution is -2.24. The maximum atomic E-state index is 11.5. The summed E-state index contributed by atoms with van der Waals surface area (Å²) in [5.41, 5.74) is 0.624. The first kappa shape index (κ1) is 12.7. The predicted molar refractivity (Wildman–Crippen MR) is 63.8 cm³/mol. The molecule has 0 bridgehead atoms. The number of hydrogen-bond donors (Lipinski definition) is 1. The molecule has 0 atom stereocenters. The highest BCUT2D eigenvalue weighted by Gasteiger charge is 1.98. The molecule has 0 aliphatic rings. The molecule has 1 rings (SSSR count). The third kappa shape index (κ3) is 4.02. The SMILES string of the molecule is CCCCOCCn1ncc(NC)cc1=O. The molecule has 0 radical (unpaired) electrons. The van der Waals surface area contributed by atoms with E-state index in [0.29, 0.717) is 13.2 Å². The van der Waals surface area contributed by atoms with E-state index in [1.807, 2.05) is 0 Å². The van der Waals surface area contributed by atoms with Crippen LogP contribution in [0.25, 0.3) is 0 Å². The monoisotopic (exact) mass is 225 g/mol. The summed E-state index contributed by atoms with van der Waals surface area (Å²) in [7, 11) is 1.76. The average molecular weight is 225 g/mol. The normalized spacial score (nSPS) is 10.4. The Morgan fingerprint density at radius 1 is 1.50 bits per heavy atom. The molecule has 1 N–H and O–H groups in total. The van der Waals surface area contributed by atoms with Gasteiger partial charge in [-0.3, -0.25) is 4.79 Å². The predicted octanol–water partition coefficient (Wildman–Crippen LogP) is 1.10. The number of unbranched alkanes of at least 4 members (excludes halogenated alkanes) is 1. The molecule has 0 spiro atoms. The summed E-state index contributed by atoms with van der Waals surface area (Å²) in [5, 5.41) is 6.90. The minimum atomic E-state index is -0.106. The quantitative estimate of drug-likeness (QED) is 0.706. The van der Waals surface area contributed by atoms with Crippen LogP contribution >= 0.6 is 0 Å². The fourth-order valence-corrected chi connectivity index (χ4v) is 1.24. The fraction of sp³-hybridized carbons (Fsp3) is 0.636. The van der Waals surface area contributed by atoms with Gasteiger partial charge in [0.15, 0.2) is 0 Å². The summed E-state index contributed by atoms with van der Waals surface area (Å²) in [6.07, 6.45) is 3.81. The second kappa shape index (κ2) is 7.00. The van der Waals surface area contributed by atoms with Gasteiger partial charge in [-0.25, -0.2) is 4.68 Å². The second-order valence-corrected chi connectivity index (χ2v) is 3.52. The molecule has 0 amide bonds. The van der Waals surface area contributed by atoms with Crippen molar-refractivity contribution in [3.05, 3.63) is 22.6 Å². The molecule has 16 heavy (non-hydrogen) atoms. The Labute approximate surface area is 95.4 Å². The highest BCUT2D eigenvalue weighted by Crippen LogP contribution is 1.96. The van der Waals surface area contributed by atoms with Gasteiger partial charge in [0, 0.05) is 19.7 Å². The number of hydrogen-bond acceptors (Lipinski definition) is 4. The van der Waals surface area contributed by atoms with Gasteiger partial charge < -0.3 is 10.1 Å². The molecule has 0 unspecified atom stereocenters. The van der Waals surface area contributed by atoms with Crippen LogP contribution in [-0.4, -0.2) is 30.0 Å². The van der Waals surface area contributed by atoms with E-state index in [1.165, 1.54) is 10.7 Å². The van der Waals surface area contributed by atoms with Gasteiger partial charge in [0.05, 0.1) is 25.0 Å². The van der Waals surface area contributed by atoms with Crippen molar-refractivity contribution in [2.75, 3.05) is 25.6 Å². The first-order chi connectivity index (χ1) is 7.77. The zero-order chi connectivity index (χ0) is 11.8. The number of rotatable bonds is 7. The van der Waals surface area contributed by atoms with Gasteiger partial charge in [-0.2, -0.15) is 5.10 Å². The van der Waals surface area contributed by atoms with Crippen molar-refractivity contribution in [3.63, 3.8) is 0 Å². The fourth-order valence-electron chi connectivity index (χ4n) is 1.24. The second-order valence-electron chi connectivity index (χ2n) is 3.52. The van der Waals surface area contributed by atoms with Crippen molar-refractivity contribution in [3.8, 4) is 0 Å². The van der Waals surface area contributed by atoms with Crippen LogP contribution in [0.5, 0.6) is 0 Å². The van der Waals surface area contributed by atoms with Crippen LogP contribution in [0.15, 0.2) is 17.1 Å². The number of nitrogens with one attached hydrogen (secondary N) is 1. The van der Waals surface area contributed by atoms with E-state index >= 15 is 0 Å². The standard InChI is InChI=1S/C11H19N3O2/c1-3-4-6-16-7-5-14-11(15)8-10(12-2)9-13-14/h8-9,12H,3-7H2,1-2H3. The maximum absolute atomic E-state index is 11.5. The molecule has 0 fully saturated rings. The van der Waals surface area contributed by atoms with Gasteiger partial charge >= 0.3 is 0 Å². The molecule has 0 saturated heterocycles. The molecular weight excluding hydrogens is 206 g/mol. The first-order valence-electron chi connectivity index (χ1n) is 5.60. The summed E-state index contributed by atoms with van der Waals surface area (Å²) in [5.74, 6) is 0. The molecule has 1 aromatic heterocycles. The molecule has 0 aromatic carbocycles. The molecule has 0 aliphatic heterocycles. The molecule has 0 saturated carbocycles. The number of nitrogens with zero attached hydrogens (tertiary/aromatic N) is 2. The van der Waals surface area contributed by atoms with Gasteiger partial charge in [0.25, 0.3) is 5.56 Å². The number of ether oxygens (including phenoxy) is 1. The topological polar surface area (TPSA) is 56.1 Å². The van der Waals surface area contributed by atoms with Crippen LogP contribution in [0.3, 0.4) is 0 Å². The van der Waals surface area contributed by atoms with E-state index in [2.05, 4.69) is 17.3 Å². The third-order valence-corrected chi connectivity index (χ3v) is 2.25. The summed E-state index contributed by atoms with van der Waals surface area (Å²) in [4.78, 5) is 11.5. The summed E-state index contributed by atoms with van der Waals surface area (Å²) < 4.78 is 6.78. The van der Waals surface area contributed by atoms with Crippen LogP contribution in [0, 0.1) is 0 Å². The van der Waals surface area contributed by atoms with Crippen molar-refractivity contribution in [2.24, 2.45) is 0 Å². The zero-order valence-electron chi connectivity index (χ0n) is 9.90. The number of anilines is 1. The smallest absolute Gasteiger partial charge is 0.268 e. The van der Waals surface area contributed by atoms with Gasteiger partial charge in [-0.1, -0.05) is 13.3 Å². The molecule has 0 aliphatic carbocycles. The van der Waals surface area contributed by atoms with E-state index in [4.69, 9.17) is 4.74 Å². The van der Waals surface area contributed by atoms with Crippen LogP contribution in [-0.2, 0) is 11.3 Å². The Hall–Kier alpha value is -1.36. The van der Waals surface area contributed by atoms with Crippen molar-refractivity contribution in [2.45, 2.75) is 26.3 Å². The average Bonchev–Trinajstić information content (AvgIpc) is 2.30. The van der Waals surface area contributed by atoms with Gasteiger partial charge in [0.1, 0.15) is 0 Å². The van der Waals surface area contributed by atoms with Crippen molar-refractivity contribution in [1.29, 1.82) is 0 Å². The Morgan fingerprint density at radius 3 is 2.94 bits per heavy atom. The zero-order valence-corrected chi connectivity index (χ0v) is 9.90. The van der Waals surface area contributed by atoms with Crippen LogP contribution in [0.4, 0.5) is 5.69 Å². The van der Waals surface area contributed by atoms with E-state index in [1.54, 1.807) is 13.2 Å². The summed E-state index contributed by atoms with van der Waals surface area (Å²) >= 11 is 0. The van der Waals surface area contributed by atoms with Gasteiger partial charge in [-0.05, 0) is 6.42 Å².